The average Bonchev–Trinajstić information content (AvgIpc) is 3.06. The molecule has 142 valence electrons. The summed E-state index contributed by atoms with van der Waals surface area (Å²) < 4.78 is 0. The van der Waals surface area contributed by atoms with Crippen LogP contribution in [0.25, 0.3) is 0 Å². The van der Waals surface area contributed by atoms with Crippen molar-refractivity contribution in [2.45, 2.75) is 19.3 Å². The maximum absolute atomic E-state index is 12.5. The molecule has 3 amide bonds. The maximum Gasteiger partial charge on any atom is 0.321 e. The zero-order chi connectivity index (χ0) is 18.5. The van der Waals surface area contributed by atoms with Crippen molar-refractivity contribution in [2.75, 3.05) is 51.1 Å². The van der Waals surface area contributed by atoms with Crippen molar-refractivity contribution in [3.8, 4) is 0 Å². The fourth-order valence-corrected chi connectivity index (χ4v) is 3.65. The lowest BCUT2D eigenvalue weighted by Crippen LogP contribution is -2.40. The first-order valence-corrected chi connectivity index (χ1v) is 9.79. The number of likely N-dealkylation sites (tertiary alicyclic amines) is 1. The summed E-state index contributed by atoms with van der Waals surface area (Å²) in [6.45, 7) is 5.43. The standard InChI is InChI=1S/C18H24Cl2N4O2/c19-15-4-3-14(13-16(15)20)21-18(26)24-8-5-17(25)23(11-12-24)10-9-22-6-1-2-7-22/h3-4,13H,1-2,5-12H2,(H,21,26). The number of halogens is 2. The molecular weight excluding hydrogens is 375 g/mol. The number of nitrogens with one attached hydrogen (secondary N) is 1. The Morgan fingerprint density at radius 2 is 1.77 bits per heavy atom. The summed E-state index contributed by atoms with van der Waals surface area (Å²) >= 11 is 11.9. The van der Waals surface area contributed by atoms with Gasteiger partial charge in [-0.15, -0.1) is 0 Å². The Kier molecular flexibility index (Phi) is 6.62. The van der Waals surface area contributed by atoms with E-state index in [2.05, 4.69) is 10.2 Å². The van der Waals surface area contributed by atoms with Crippen LogP contribution in [-0.2, 0) is 4.79 Å². The molecule has 2 heterocycles. The third-order valence-electron chi connectivity index (χ3n) is 4.93. The summed E-state index contributed by atoms with van der Waals surface area (Å²) in [6.07, 6.45) is 2.85. The summed E-state index contributed by atoms with van der Waals surface area (Å²) in [5.74, 6) is 0.119. The second-order valence-corrected chi connectivity index (χ2v) is 7.54. The molecule has 2 aliphatic heterocycles. The quantitative estimate of drug-likeness (QED) is 0.847. The first kappa shape index (κ1) is 19.3. The van der Waals surface area contributed by atoms with E-state index in [1.807, 2.05) is 4.90 Å². The Morgan fingerprint density at radius 1 is 1.00 bits per heavy atom. The molecule has 6 nitrogen and oxygen atoms in total. The fourth-order valence-electron chi connectivity index (χ4n) is 3.35. The van der Waals surface area contributed by atoms with Crippen molar-refractivity contribution in [2.24, 2.45) is 0 Å². The van der Waals surface area contributed by atoms with Gasteiger partial charge in [-0.2, -0.15) is 0 Å². The van der Waals surface area contributed by atoms with E-state index >= 15 is 0 Å². The highest BCUT2D eigenvalue weighted by Gasteiger charge is 2.24. The number of rotatable bonds is 4. The minimum absolute atomic E-state index is 0.119. The molecule has 0 saturated carbocycles. The number of hydrogen-bond acceptors (Lipinski definition) is 3. The van der Waals surface area contributed by atoms with E-state index in [9.17, 15) is 9.59 Å². The molecule has 0 spiro atoms. The van der Waals surface area contributed by atoms with Crippen LogP contribution in [0, 0.1) is 0 Å². The lowest BCUT2D eigenvalue weighted by Gasteiger charge is -2.24. The average molecular weight is 399 g/mol. The van der Waals surface area contributed by atoms with Gasteiger partial charge < -0.3 is 20.0 Å². The third-order valence-corrected chi connectivity index (χ3v) is 5.67. The number of nitrogens with zero attached hydrogens (tertiary/aromatic N) is 3. The van der Waals surface area contributed by atoms with Gasteiger partial charge in [0.1, 0.15) is 0 Å². The van der Waals surface area contributed by atoms with Gasteiger partial charge in [0, 0.05) is 44.8 Å². The van der Waals surface area contributed by atoms with Crippen LogP contribution in [0.3, 0.4) is 0 Å². The van der Waals surface area contributed by atoms with Crippen LogP contribution in [-0.4, -0.2) is 72.5 Å². The number of anilines is 1. The number of carbonyl (C=O) groups excluding carboxylic acids is 2. The highest BCUT2D eigenvalue weighted by atomic mass is 35.5. The van der Waals surface area contributed by atoms with Crippen LogP contribution < -0.4 is 5.32 Å². The molecular formula is C18H24Cl2N4O2. The molecule has 0 unspecified atom stereocenters. The first-order chi connectivity index (χ1) is 12.5. The van der Waals surface area contributed by atoms with E-state index in [-0.39, 0.29) is 11.9 Å². The molecule has 8 heteroatoms. The van der Waals surface area contributed by atoms with Crippen LogP contribution in [0.5, 0.6) is 0 Å². The van der Waals surface area contributed by atoms with E-state index in [0.717, 1.165) is 26.2 Å². The Balaban J connectivity index is 1.52. The minimum atomic E-state index is -0.224. The molecule has 1 N–H and O–H groups in total. The van der Waals surface area contributed by atoms with Crippen molar-refractivity contribution in [1.82, 2.24) is 14.7 Å². The topological polar surface area (TPSA) is 55.9 Å². The van der Waals surface area contributed by atoms with Gasteiger partial charge in [0.05, 0.1) is 10.0 Å². The monoisotopic (exact) mass is 398 g/mol. The largest absolute Gasteiger partial charge is 0.340 e. The molecule has 26 heavy (non-hydrogen) atoms. The first-order valence-electron chi connectivity index (χ1n) is 9.04. The SMILES string of the molecule is O=C1CCN(C(=O)Nc2ccc(Cl)c(Cl)c2)CCN1CCN1CCCC1. The lowest BCUT2D eigenvalue weighted by atomic mass is 10.3. The van der Waals surface area contributed by atoms with Crippen molar-refractivity contribution in [3.63, 3.8) is 0 Å². The van der Waals surface area contributed by atoms with Crippen molar-refractivity contribution in [3.05, 3.63) is 28.2 Å². The van der Waals surface area contributed by atoms with Gasteiger partial charge in [0.2, 0.25) is 5.91 Å². The van der Waals surface area contributed by atoms with Gasteiger partial charge in [0.25, 0.3) is 0 Å². The predicted molar refractivity (Wildman–Crippen MR) is 104 cm³/mol. The molecule has 2 fully saturated rings. The zero-order valence-corrected chi connectivity index (χ0v) is 16.2. The summed E-state index contributed by atoms with van der Waals surface area (Å²) in [6, 6.07) is 4.74. The molecule has 0 bridgehead atoms. The molecule has 1 aromatic carbocycles. The number of hydrogen-bond donors (Lipinski definition) is 1. The van der Waals surface area contributed by atoms with Gasteiger partial charge in [-0.05, 0) is 44.1 Å². The van der Waals surface area contributed by atoms with Crippen molar-refractivity contribution in [1.29, 1.82) is 0 Å². The van der Waals surface area contributed by atoms with Gasteiger partial charge in [-0.25, -0.2) is 4.79 Å². The van der Waals surface area contributed by atoms with Gasteiger partial charge in [-0.1, -0.05) is 23.2 Å². The van der Waals surface area contributed by atoms with E-state index in [4.69, 9.17) is 23.2 Å². The summed E-state index contributed by atoms with van der Waals surface area (Å²) in [7, 11) is 0. The summed E-state index contributed by atoms with van der Waals surface area (Å²) in [5.41, 5.74) is 0.589. The second-order valence-electron chi connectivity index (χ2n) is 6.73. The third kappa shape index (κ3) is 5.02. The second kappa shape index (κ2) is 8.93. The number of benzene rings is 1. The Bertz CT molecular complexity index is 665. The molecule has 0 atom stereocenters. The minimum Gasteiger partial charge on any atom is -0.340 e. The van der Waals surface area contributed by atoms with Crippen LogP contribution in [0.2, 0.25) is 10.0 Å². The highest BCUT2D eigenvalue weighted by Crippen LogP contribution is 2.25. The van der Waals surface area contributed by atoms with Crippen molar-refractivity contribution < 1.29 is 9.59 Å². The van der Waals surface area contributed by atoms with Crippen molar-refractivity contribution >= 4 is 40.8 Å². The molecule has 0 aliphatic carbocycles. The van der Waals surface area contributed by atoms with Crippen LogP contribution in [0.15, 0.2) is 18.2 Å². The number of carbonyl (C=O) groups is 2. The number of amides is 3. The Labute approximate surface area is 164 Å². The van der Waals surface area contributed by atoms with Gasteiger partial charge in [-0.3, -0.25) is 4.79 Å². The Hall–Kier alpha value is -1.50. The van der Waals surface area contributed by atoms with Gasteiger partial charge >= 0.3 is 6.03 Å². The lowest BCUT2D eigenvalue weighted by molar-refractivity contribution is -0.130. The van der Waals surface area contributed by atoms with Gasteiger partial charge in [0.15, 0.2) is 0 Å². The maximum atomic E-state index is 12.5. The predicted octanol–water partition coefficient (Wildman–Crippen LogP) is 3.16. The highest BCUT2D eigenvalue weighted by molar-refractivity contribution is 6.42. The van der Waals surface area contributed by atoms with E-state index in [0.29, 0.717) is 41.8 Å². The molecule has 2 saturated heterocycles. The number of urea groups is 1. The molecule has 2 aliphatic rings. The van der Waals surface area contributed by atoms with E-state index < -0.39 is 0 Å². The fraction of sp³-hybridized carbons (Fsp3) is 0.556. The normalized spacial score (nSPS) is 18.9. The van der Waals surface area contributed by atoms with Crippen LogP contribution in [0.1, 0.15) is 19.3 Å². The van der Waals surface area contributed by atoms with E-state index in [1.54, 1.807) is 23.1 Å². The smallest absolute Gasteiger partial charge is 0.321 e. The van der Waals surface area contributed by atoms with Crippen LogP contribution >= 0.6 is 23.2 Å². The summed E-state index contributed by atoms with van der Waals surface area (Å²) in [4.78, 5) is 30.8. The zero-order valence-electron chi connectivity index (χ0n) is 14.7. The Morgan fingerprint density at radius 3 is 2.50 bits per heavy atom. The molecule has 1 aromatic rings. The van der Waals surface area contributed by atoms with E-state index in [1.165, 1.54) is 12.8 Å². The molecule has 0 radical (unpaired) electrons. The molecule has 3 rings (SSSR count). The molecule has 0 aromatic heterocycles. The summed E-state index contributed by atoms with van der Waals surface area (Å²) in [5, 5.41) is 3.66. The van der Waals surface area contributed by atoms with Crippen LogP contribution in [0.4, 0.5) is 10.5 Å².